The van der Waals surface area contributed by atoms with Crippen molar-refractivity contribution in [2.45, 2.75) is 11.7 Å². The molecule has 2 aromatic rings. The van der Waals surface area contributed by atoms with Gasteiger partial charge in [0.05, 0.1) is 21.3 Å². The number of nitrogens with zero attached hydrogens (tertiary/aromatic N) is 5. The van der Waals surface area contributed by atoms with Crippen molar-refractivity contribution in [2.75, 3.05) is 6.54 Å². The number of carbonyl (C=O) groups excluding carboxylic acids is 1. The van der Waals surface area contributed by atoms with Crippen molar-refractivity contribution in [1.82, 2.24) is 4.90 Å². The zero-order valence-corrected chi connectivity index (χ0v) is 17.0. The van der Waals surface area contributed by atoms with E-state index < -0.39 is 15.1 Å². The Labute approximate surface area is 181 Å². The number of hydrogen-bond donors (Lipinski definition) is 0. The van der Waals surface area contributed by atoms with Crippen LogP contribution < -0.4 is 0 Å². The molecule has 1 fully saturated rings. The normalized spacial score (nSPS) is 17.4. The molecule has 0 bridgehead atoms. The van der Waals surface area contributed by atoms with Crippen LogP contribution in [0, 0.1) is 20.2 Å². The molecule has 1 aliphatic heterocycles. The quantitative estimate of drug-likeness (QED) is 0.267. The van der Waals surface area contributed by atoms with E-state index >= 15 is 0 Å². The summed E-state index contributed by atoms with van der Waals surface area (Å²) in [7, 11) is 0. The van der Waals surface area contributed by atoms with E-state index in [0.29, 0.717) is 16.3 Å². The lowest BCUT2D eigenvalue weighted by Crippen LogP contribution is -2.32. The Morgan fingerprint density at radius 1 is 1.13 bits per heavy atom. The van der Waals surface area contributed by atoms with Crippen molar-refractivity contribution in [1.29, 1.82) is 0 Å². The van der Waals surface area contributed by atoms with Gasteiger partial charge in [-0.05, 0) is 0 Å². The number of carbonyl (C=O) groups is 1. The highest BCUT2D eigenvalue weighted by Crippen LogP contribution is 2.32. The predicted octanol–water partition coefficient (Wildman–Crippen LogP) is 3.57. The number of hydrogen-bond acceptors (Lipinski definition) is 8. The molecular formula is C20H17N5O5S. The van der Waals surface area contributed by atoms with Crippen LogP contribution in [0.5, 0.6) is 0 Å². The number of para-hydroxylation sites is 1. The van der Waals surface area contributed by atoms with Crippen molar-refractivity contribution in [2.24, 2.45) is 10.2 Å². The van der Waals surface area contributed by atoms with E-state index in [1.807, 2.05) is 0 Å². The van der Waals surface area contributed by atoms with Crippen LogP contribution in [0.2, 0.25) is 0 Å². The van der Waals surface area contributed by atoms with E-state index in [2.05, 4.69) is 16.8 Å². The number of nitro groups is 2. The third-order valence-electron chi connectivity index (χ3n) is 4.36. The topological polar surface area (TPSA) is 131 Å². The Bertz CT molecular complexity index is 1100. The third-order valence-corrected chi connectivity index (χ3v) is 5.52. The van der Waals surface area contributed by atoms with E-state index in [4.69, 9.17) is 0 Å². The molecule has 3 rings (SSSR count). The van der Waals surface area contributed by atoms with E-state index in [1.54, 1.807) is 30.3 Å². The Morgan fingerprint density at radius 3 is 2.61 bits per heavy atom. The molecule has 158 valence electrons. The number of non-ortho nitro benzene ring substituents is 1. The van der Waals surface area contributed by atoms with E-state index in [0.717, 1.165) is 11.8 Å². The molecule has 1 aliphatic rings. The summed E-state index contributed by atoms with van der Waals surface area (Å²) in [5.74, 6) is -0.243. The zero-order valence-electron chi connectivity index (χ0n) is 16.2. The van der Waals surface area contributed by atoms with Gasteiger partial charge in [0.15, 0.2) is 5.17 Å². The lowest BCUT2D eigenvalue weighted by Gasteiger charge is -2.12. The van der Waals surface area contributed by atoms with Gasteiger partial charge in [-0.1, -0.05) is 48.2 Å². The van der Waals surface area contributed by atoms with E-state index in [9.17, 15) is 25.0 Å². The average Bonchev–Trinajstić information content (AvgIpc) is 3.03. The Balaban J connectivity index is 1.81. The van der Waals surface area contributed by atoms with Crippen LogP contribution >= 0.6 is 11.8 Å². The summed E-state index contributed by atoms with van der Waals surface area (Å²) >= 11 is 1.16. The number of thioether (sulfide) groups is 1. The lowest BCUT2D eigenvalue weighted by atomic mass is 10.1. The van der Waals surface area contributed by atoms with Gasteiger partial charge < -0.3 is 0 Å². The smallest absolute Gasteiger partial charge is 0.272 e. The molecule has 31 heavy (non-hydrogen) atoms. The van der Waals surface area contributed by atoms with Gasteiger partial charge in [0.1, 0.15) is 0 Å². The number of amidine groups is 1. The zero-order chi connectivity index (χ0) is 22.4. The molecule has 0 N–H and O–H groups in total. The largest absolute Gasteiger partial charge is 0.285 e. The molecule has 2 aromatic carbocycles. The number of rotatable bonds is 8. The van der Waals surface area contributed by atoms with Crippen LogP contribution in [0.4, 0.5) is 11.4 Å². The van der Waals surface area contributed by atoms with Crippen molar-refractivity contribution in [3.8, 4) is 0 Å². The minimum absolute atomic E-state index is 0.0414. The maximum absolute atomic E-state index is 12.8. The molecule has 0 saturated carbocycles. The Hall–Kier alpha value is -3.86. The van der Waals surface area contributed by atoms with Crippen molar-refractivity contribution in [3.05, 3.63) is 92.5 Å². The van der Waals surface area contributed by atoms with Gasteiger partial charge in [0.25, 0.3) is 11.4 Å². The highest BCUT2D eigenvalue weighted by molar-refractivity contribution is 8.15. The maximum atomic E-state index is 12.8. The molecule has 0 aliphatic carbocycles. The third kappa shape index (κ3) is 5.20. The maximum Gasteiger partial charge on any atom is 0.272 e. The fraction of sp³-hybridized carbons (Fsp3) is 0.150. The first kappa shape index (κ1) is 21.8. The summed E-state index contributed by atoms with van der Waals surface area (Å²) in [6.07, 6.45) is 3.07. The van der Waals surface area contributed by atoms with Crippen molar-refractivity contribution in [3.63, 3.8) is 0 Å². The molecule has 1 amide bonds. The van der Waals surface area contributed by atoms with Crippen LogP contribution in [-0.2, 0) is 11.2 Å². The minimum Gasteiger partial charge on any atom is -0.285 e. The molecule has 0 spiro atoms. The Kier molecular flexibility index (Phi) is 6.88. The van der Waals surface area contributed by atoms with Gasteiger partial charge in [-0.2, -0.15) is 5.10 Å². The van der Waals surface area contributed by atoms with Crippen LogP contribution in [0.1, 0.15) is 11.1 Å². The van der Waals surface area contributed by atoms with E-state index in [1.165, 1.54) is 35.4 Å². The highest BCUT2D eigenvalue weighted by atomic mass is 32.2. The molecule has 0 aromatic heterocycles. The summed E-state index contributed by atoms with van der Waals surface area (Å²) in [6.45, 7) is 3.86. The highest BCUT2D eigenvalue weighted by Gasteiger charge is 2.38. The molecule has 1 heterocycles. The standard InChI is InChI=1S/C20H17N5O5S/c1-2-10-23-19(26)18(12-15-7-3-4-9-17(15)25(29)30)31-20(23)22-21-13-14-6-5-8-16(11-14)24(27)28/h2-9,11,13,18H,1,10,12H2/b21-13-,22-20-/t18-/m1/s1. The van der Waals surface area contributed by atoms with Crippen molar-refractivity contribution < 1.29 is 14.6 Å². The predicted molar refractivity (Wildman–Crippen MR) is 118 cm³/mol. The van der Waals surface area contributed by atoms with Gasteiger partial charge in [0, 0.05) is 42.3 Å². The average molecular weight is 439 g/mol. The summed E-state index contributed by atoms with van der Waals surface area (Å²) in [5, 5.41) is 29.9. The lowest BCUT2D eigenvalue weighted by molar-refractivity contribution is -0.385. The molecule has 0 unspecified atom stereocenters. The number of nitro benzene ring substituents is 2. The summed E-state index contributed by atoms with van der Waals surface area (Å²) in [5.41, 5.74) is 0.831. The number of benzene rings is 2. The SMILES string of the molecule is C=CCN1C(=O)[C@@H](Cc2ccccc2[N+](=O)[O-])S/C1=N\N=C/c1cccc([N+](=O)[O-])c1. The molecule has 1 saturated heterocycles. The van der Waals surface area contributed by atoms with Crippen LogP contribution in [-0.4, -0.2) is 43.8 Å². The van der Waals surface area contributed by atoms with Gasteiger partial charge in [0.2, 0.25) is 5.91 Å². The number of amides is 1. The van der Waals surface area contributed by atoms with Crippen molar-refractivity contribution >= 4 is 40.4 Å². The fourth-order valence-corrected chi connectivity index (χ4v) is 4.07. The Morgan fingerprint density at radius 2 is 1.90 bits per heavy atom. The summed E-state index contributed by atoms with van der Waals surface area (Å²) in [6, 6.07) is 12.2. The molecular weight excluding hydrogens is 422 g/mol. The first-order valence-electron chi connectivity index (χ1n) is 9.07. The van der Waals surface area contributed by atoms with Gasteiger partial charge in [-0.15, -0.1) is 11.7 Å². The first-order chi connectivity index (χ1) is 14.9. The van der Waals surface area contributed by atoms with Crippen LogP contribution in [0.15, 0.2) is 71.4 Å². The minimum atomic E-state index is -0.590. The van der Waals surface area contributed by atoms with E-state index in [-0.39, 0.29) is 30.2 Å². The second-order valence-electron chi connectivity index (χ2n) is 6.41. The molecule has 11 heteroatoms. The van der Waals surface area contributed by atoms with Crippen LogP contribution in [0.25, 0.3) is 0 Å². The van der Waals surface area contributed by atoms with Gasteiger partial charge in [-0.25, -0.2) is 0 Å². The first-order valence-corrected chi connectivity index (χ1v) is 9.95. The monoisotopic (exact) mass is 439 g/mol. The molecule has 10 nitrogen and oxygen atoms in total. The fourth-order valence-electron chi connectivity index (χ4n) is 2.94. The second-order valence-corrected chi connectivity index (χ2v) is 7.58. The summed E-state index contributed by atoms with van der Waals surface area (Å²) < 4.78 is 0. The molecule has 1 atom stereocenters. The van der Waals surface area contributed by atoms with Crippen LogP contribution in [0.3, 0.4) is 0 Å². The summed E-state index contributed by atoms with van der Waals surface area (Å²) in [4.78, 5) is 35.4. The second kappa shape index (κ2) is 9.76. The van der Waals surface area contributed by atoms with Gasteiger partial charge >= 0.3 is 0 Å². The van der Waals surface area contributed by atoms with Gasteiger partial charge in [-0.3, -0.25) is 29.9 Å². The molecule has 0 radical (unpaired) electrons.